The summed E-state index contributed by atoms with van der Waals surface area (Å²) in [5.74, 6) is 2.79. The summed E-state index contributed by atoms with van der Waals surface area (Å²) in [5, 5.41) is 10.6. The minimum atomic E-state index is 0.591. The van der Waals surface area contributed by atoms with Crippen molar-refractivity contribution < 1.29 is 14.2 Å². The number of benzene rings is 1. The van der Waals surface area contributed by atoms with Crippen LogP contribution in [-0.2, 0) is 6.42 Å². The lowest BCUT2D eigenvalue weighted by molar-refractivity contribution is 0.324. The monoisotopic (exact) mass is 275 g/mol. The van der Waals surface area contributed by atoms with Gasteiger partial charge in [0.15, 0.2) is 17.3 Å². The molecule has 106 valence electrons. The maximum atomic E-state index is 5.38. The van der Waals surface area contributed by atoms with Gasteiger partial charge >= 0.3 is 0 Å². The Hall–Kier alpha value is -2.37. The van der Waals surface area contributed by atoms with E-state index in [1.165, 1.54) is 5.56 Å². The average molecular weight is 275 g/mol. The number of rotatable bonds is 4. The van der Waals surface area contributed by atoms with Crippen molar-refractivity contribution in [3.05, 3.63) is 17.7 Å². The number of ether oxygens (including phenoxy) is 3. The summed E-state index contributed by atoms with van der Waals surface area (Å²) >= 11 is 0. The van der Waals surface area contributed by atoms with Gasteiger partial charge in [0.05, 0.1) is 27.0 Å². The molecule has 3 rings (SSSR count). The van der Waals surface area contributed by atoms with Crippen LogP contribution in [-0.4, -0.2) is 38.1 Å². The molecule has 1 aliphatic heterocycles. The lowest BCUT2D eigenvalue weighted by atomic mass is 10.1. The van der Waals surface area contributed by atoms with Crippen molar-refractivity contribution >= 4 is 5.82 Å². The fourth-order valence-corrected chi connectivity index (χ4v) is 2.52. The van der Waals surface area contributed by atoms with Crippen molar-refractivity contribution in [1.82, 2.24) is 10.2 Å². The van der Waals surface area contributed by atoms with Crippen LogP contribution in [0.15, 0.2) is 12.1 Å². The molecule has 0 aliphatic carbocycles. The summed E-state index contributed by atoms with van der Waals surface area (Å²) in [6.45, 7) is 0.920. The summed E-state index contributed by atoms with van der Waals surface area (Å²) in [6.07, 6.45) is 0.956. The summed E-state index contributed by atoms with van der Waals surface area (Å²) in [4.78, 5) is 0. The van der Waals surface area contributed by atoms with Gasteiger partial charge in [0.2, 0.25) is 5.75 Å². The van der Waals surface area contributed by atoms with E-state index in [9.17, 15) is 0 Å². The summed E-state index contributed by atoms with van der Waals surface area (Å²) in [6, 6.07) is 3.85. The Kier molecular flexibility index (Phi) is 3.14. The van der Waals surface area contributed by atoms with Crippen LogP contribution in [0.2, 0.25) is 0 Å². The number of aromatic amines is 1. The Morgan fingerprint density at radius 2 is 1.75 bits per heavy atom. The molecule has 0 saturated carbocycles. The second-order valence-electron chi connectivity index (χ2n) is 4.52. The Bertz CT molecular complexity index is 612. The minimum absolute atomic E-state index is 0.591. The lowest BCUT2D eigenvalue weighted by Gasteiger charge is -2.13. The maximum absolute atomic E-state index is 5.38. The molecule has 0 saturated heterocycles. The molecule has 2 heterocycles. The van der Waals surface area contributed by atoms with Crippen LogP contribution in [0.5, 0.6) is 17.2 Å². The predicted molar refractivity (Wildman–Crippen MR) is 75.9 cm³/mol. The second kappa shape index (κ2) is 4.96. The largest absolute Gasteiger partial charge is 0.493 e. The lowest BCUT2D eigenvalue weighted by Crippen LogP contribution is -1.97. The van der Waals surface area contributed by atoms with Crippen LogP contribution in [0.25, 0.3) is 11.3 Å². The number of fused-ring (bicyclic) bond motifs is 1. The number of aromatic nitrogens is 2. The number of methoxy groups -OCH3 is 3. The number of hydrogen-bond acceptors (Lipinski definition) is 5. The van der Waals surface area contributed by atoms with Gasteiger partial charge in [0, 0.05) is 17.7 Å². The minimum Gasteiger partial charge on any atom is -0.493 e. The Morgan fingerprint density at radius 3 is 2.35 bits per heavy atom. The van der Waals surface area contributed by atoms with Crippen molar-refractivity contribution in [2.75, 3.05) is 33.2 Å². The third-order valence-corrected chi connectivity index (χ3v) is 3.49. The van der Waals surface area contributed by atoms with Crippen LogP contribution in [0.3, 0.4) is 0 Å². The number of hydrogen-bond donors (Lipinski definition) is 2. The van der Waals surface area contributed by atoms with Gasteiger partial charge in [-0.15, -0.1) is 0 Å². The second-order valence-corrected chi connectivity index (χ2v) is 4.52. The van der Waals surface area contributed by atoms with E-state index in [-0.39, 0.29) is 0 Å². The van der Waals surface area contributed by atoms with Crippen molar-refractivity contribution in [3.63, 3.8) is 0 Å². The first-order valence-corrected chi connectivity index (χ1v) is 6.40. The SMILES string of the molecule is COc1cc(-c2[nH]nc3c2CCN3)cc(OC)c1OC. The molecule has 6 heteroatoms. The molecule has 0 spiro atoms. The first-order chi connectivity index (χ1) is 9.78. The molecule has 0 bridgehead atoms. The molecule has 1 aliphatic rings. The Balaban J connectivity index is 2.14. The van der Waals surface area contributed by atoms with Gasteiger partial charge in [-0.2, -0.15) is 5.10 Å². The molecule has 0 unspecified atom stereocenters. The molecule has 2 N–H and O–H groups in total. The van der Waals surface area contributed by atoms with Crippen molar-refractivity contribution in [3.8, 4) is 28.5 Å². The predicted octanol–water partition coefficient (Wildman–Crippen LogP) is 2.07. The number of nitrogens with zero attached hydrogens (tertiary/aromatic N) is 1. The van der Waals surface area contributed by atoms with E-state index in [0.29, 0.717) is 17.2 Å². The van der Waals surface area contributed by atoms with Gasteiger partial charge < -0.3 is 19.5 Å². The van der Waals surface area contributed by atoms with Gasteiger partial charge in [-0.1, -0.05) is 0 Å². The van der Waals surface area contributed by atoms with Crippen LogP contribution in [0.1, 0.15) is 5.56 Å². The third-order valence-electron chi connectivity index (χ3n) is 3.49. The highest BCUT2D eigenvalue weighted by molar-refractivity contribution is 5.75. The van der Waals surface area contributed by atoms with Gasteiger partial charge in [0.1, 0.15) is 0 Å². The molecule has 1 aromatic carbocycles. The molecule has 0 amide bonds. The van der Waals surface area contributed by atoms with Crippen LogP contribution in [0.4, 0.5) is 5.82 Å². The van der Waals surface area contributed by atoms with E-state index in [1.807, 2.05) is 12.1 Å². The molecule has 1 aromatic heterocycles. The highest BCUT2D eigenvalue weighted by Crippen LogP contribution is 2.42. The number of nitrogens with one attached hydrogen (secondary N) is 2. The molecule has 2 aromatic rings. The zero-order chi connectivity index (χ0) is 14.1. The highest BCUT2D eigenvalue weighted by atomic mass is 16.5. The van der Waals surface area contributed by atoms with E-state index in [2.05, 4.69) is 15.5 Å². The standard InChI is InChI=1S/C14H17N3O3/c1-18-10-6-8(7-11(19-2)13(10)20-3)12-9-4-5-15-14(9)17-16-12/h6-7H,4-5H2,1-3H3,(H2,15,16,17). The Labute approximate surface area is 117 Å². The van der Waals surface area contributed by atoms with E-state index < -0.39 is 0 Å². The normalized spacial score (nSPS) is 12.8. The van der Waals surface area contributed by atoms with Crippen LogP contribution >= 0.6 is 0 Å². The quantitative estimate of drug-likeness (QED) is 0.894. The van der Waals surface area contributed by atoms with Gasteiger partial charge in [-0.05, 0) is 18.6 Å². The molecular formula is C14H17N3O3. The molecule has 6 nitrogen and oxygen atoms in total. The zero-order valence-electron chi connectivity index (χ0n) is 11.7. The smallest absolute Gasteiger partial charge is 0.203 e. The van der Waals surface area contributed by atoms with Crippen molar-refractivity contribution in [2.45, 2.75) is 6.42 Å². The topological polar surface area (TPSA) is 68.4 Å². The van der Waals surface area contributed by atoms with E-state index in [4.69, 9.17) is 14.2 Å². The zero-order valence-corrected chi connectivity index (χ0v) is 11.7. The highest BCUT2D eigenvalue weighted by Gasteiger charge is 2.21. The van der Waals surface area contributed by atoms with E-state index in [0.717, 1.165) is 30.0 Å². The summed E-state index contributed by atoms with van der Waals surface area (Å²) in [7, 11) is 4.82. The number of H-pyrrole nitrogens is 1. The van der Waals surface area contributed by atoms with Crippen molar-refractivity contribution in [2.24, 2.45) is 0 Å². The number of anilines is 1. The van der Waals surface area contributed by atoms with Crippen LogP contribution < -0.4 is 19.5 Å². The van der Waals surface area contributed by atoms with Crippen molar-refractivity contribution in [1.29, 1.82) is 0 Å². The van der Waals surface area contributed by atoms with E-state index >= 15 is 0 Å². The maximum Gasteiger partial charge on any atom is 0.203 e. The van der Waals surface area contributed by atoms with Gasteiger partial charge in [-0.25, -0.2) is 0 Å². The fourth-order valence-electron chi connectivity index (χ4n) is 2.52. The van der Waals surface area contributed by atoms with Gasteiger partial charge in [0.25, 0.3) is 0 Å². The molecule has 0 fully saturated rings. The summed E-state index contributed by atoms with van der Waals surface area (Å²) < 4.78 is 16.1. The molecular weight excluding hydrogens is 258 g/mol. The third kappa shape index (κ3) is 1.84. The fraction of sp³-hybridized carbons (Fsp3) is 0.357. The Morgan fingerprint density at radius 1 is 1.05 bits per heavy atom. The average Bonchev–Trinajstić information content (AvgIpc) is 3.08. The molecule has 20 heavy (non-hydrogen) atoms. The van der Waals surface area contributed by atoms with Gasteiger partial charge in [-0.3, -0.25) is 5.10 Å². The molecule has 0 radical (unpaired) electrons. The van der Waals surface area contributed by atoms with Crippen LogP contribution in [0, 0.1) is 0 Å². The van der Waals surface area contributed by atoms with E-state index in [1.54, 1.807) is 21.3 Å². The summed E-state index contributed by atoms with van der Waals surface area (Å²) in [5.41, 5.74) is 3.15. The first kappa shape index (κ1) is 12.7. The molecule has 0 atom stereocenters. The first-order valence-electron chi connectivity index (χ1n) is 6.40.